The summed E-state index contributed by atoms with van der Waals surface area (Å²) in [6, 6.07) is 12.4. The quantitative estimate of drug-likeness (QED) is 0.854. The lowest BCUT2D eigenvalue weighted by Crippen LogP contribution is -2.24. The normalized spacial score (nSPS) is 14.3. The maximum Gasteiger partial charge on any atom is 0.126 e. The molecule has 0 aliphatic rings. The van der Waals surface area contributed by atoms with Gasteiger partial charge in [0.25, 0.3) is 0 Å². The van der Waals surface area contributed by atoms with Crippen LogP contribution in [-0.4, -0.2) is 5.11 Å². The first-order valence-corrected chi connectivity index (χ1v) is 5.98. The lowest BCUT2D eigenvalue weighted by molar-refractivity contribution is 0.101. The fraction of sp³-hybridized carbons (Fsp3) is 0.250. The first-order chi connectivity index (χ1) is 8.43. The fourth-order valence-corrected chi connectivity index (χ4v) is 2.22. The lowest BCUT2D eigenvalue weighted by atomic mass is 9.85. The average molecular weight is 244 g/mol. The molecule has 18 heavy (non-hydrogen) atoms. The molecule has 0 amide bonds. The minimum Gasteiger partial charge on any atom is -0.381 e. The van der Waals surface area contributed by atoms with E-state index in [1.807, 2.05) is 31.2 Å². The van der Waals surface area contributed by atoms with Gasteiger partial charge in [-0.3, -0.25) is 0 Å². The van der Waals surface area contributed by atoms with Crippen LogP contribution < -0.4 is 0 Å². The summed E-state index contributed by atoms with van der Waals surface area (Å²) in [7, 11) is 0. The molecule has 0 heterocycles. The first-order valence-electron chi connectivity index (χ1n) is 5.98. The van der Waals surface area contributed by atoms with Crippen molar-refractivity contribution < 1.29 is 9.50 Å². The SMILES string of the molecule is Cc1cc(C(C)(O)c2ccccc2C)ccc1F. The maximum absolute atomic E-state index is 13.3. The van der Waals surface area contributed by atoms with E-state index in [2.05, 4.69) is 0 Å². The molecule has 1 nitrogen and oxygen atoms in total. The van der Waals surface area contributed by atoms with Crippen LogP contribution in [-0.2, 0) is 5.60 Å². The summed E-state index contributed by atoms with van der Waals surface area (Å²) in [5.41, 5.74) is 2.00. The standard InChI is InChI=1S/C16H17FO/c1-11-6-4-5-7-14(11)16(3,18)13-8-9-15(17)12(2)10-13/h4-10,18H,1-3H3. The molecule has 0 fully saturated rings. The van der Waals surface area contributed by atoms with Gasteiger partial charge in [0.05, 0.1) is 0 Å². The Balaban J connectivity index is 2.54. The molecule has 1 unspecified atom stereocenters. The lowest BCUT2D eigenvalue weighted by Gasteiger charge is -2.26. The topological polar surface area (TPSA) is 20.2 Å². The average Bonchev–Trinajstić information content (AvgIpc) is 2.33. The van der Waals surface area contributed by atoms with Crippen molar-refractivity contribution in [2.45, 2.75) is 26.4 Å². The highest BCUT2D eigenvalue weighted by Crippen LogP contribution is 2.31. The second kappa shape index (κ2) is 4.54. The van der Waals surface area contributed by atoms with E-state index in [0.29, 0.717) is 11.1 Å². The number of aliphatic hydroxyl groups is 1. The van der Waals surface area contributed by atoms with Crippen molar-refractivity contribution >= 4 is 0 Å². The minimum absolute atomic E-state index is 0.251. The number of benzene rings is 2. The number of rotatable bonds is 2. The van der Waals surface area contributed by atoms with Crippen LogP contribution >= 0.6 is 0 Å². The van der Waals surface area contributed by atoms with Gasteiger partial charge in [0, 0.05) is 0 Å². The summed E-state index contributed by atoms with van der Waals surface area (Å²) >= 11 is 0. The molecule has 1 atom stereocenters. The van der Waals surface area contributed by atoms with E-state index in [9.17, 15) is 9.50 Å². The Morgan fingerprint density at radius 2 is 1.67 bits per heavy atom. The second-order valence-electron chi connectivity index (χ2n) is 4.85. The fourth-order valence-electron chi connectivity index (χ4n) is 2.22. The highest BCUT2D eigenvalue weighted by molar-refractivity contribution is 5.41. The molecule has 2 aromatic carbocycles. The molecule has 0 aliphatic heterocycles. The van der Waals surface area contributed by atoms with E-state index in [-0.39, 0.29) is 5.82 Å². The third-order valence-corrected chi connectivity index (χ3v) is 3.39. The van der Waals surface area contributed by atoms with Gasteiger partial charge < -0.3 is 5.11 Å². The van der Waals surface area contributed by atoms with Crippen molar-refractivity contribution in [3.05, 3.63) is 70.5 Å². The van der Waals surface area contributed by atoms with Crippen molar-refractivity contribution in [1.82, 2.24) is 0 Å². The van der Waals surface area contributed by atoms with Gasteiger partial charge in [-0.15, -0.1) is 0 Å². The first kappa shape index (κ1) is 12.8. The van der Waals surface area contributed by atoms with Crippen molar-refractivity contribution in [3.8, 4) is 0 Å². The van der Waals surface area contributed by atoms with Crippen molar-refractivity contribution in [1.29, 1.82) is 0 Å². The van der Waals surface area contributed by atoms with Crippen LogP contribution in [0.3, 0.4) is 0 Å². The predicted octanol–water partition coefficient (Wildman–Crippen LogP) is 3.70. The molecule has 2 heteroatoms. The number of hydrogen-bond acceptors (Lipinski definition) is 1. The smallest absolute Gasteiger partial charge is 0.126 e. The molecular weight excluding hydrogens is 227 g/mol. The Morgan fingerprint density at radius 3 is 2.28 bits per heavy atom. The molecule has 94 valence electrons. The highest BCUT2D eigenvalue weighted by Gasteiger charge is 2.27. The molecule has 0 radical (unpaired) electrons. The molecule has 2 aromatic rings. The summed E-state index contributed by atoms with van der Waals surface area (Å²) in [4.78, 5) is 0. The summed E-state index contributed by atoms with van der Waals surface area (Å²) in [6.45, 7) is 5.40. The number of halogens is 1. The Morgan fingerprint density at radius 1 is 1.00 bits per heavy atom. The van der Waals surface area contributed by atoms with Gasteiger partial charge in [0.2, 0.25) is 0 Å². The second-order valence-corrected chi connectivity index (χ2v) is 4.85. The van der Waals surface area contributed by atoms with E-state index in [4.69, 9.17) is 0 Å². The molecule has 0 saturated carbocycles. The van der Waals surface area contributed by atoms with Crippen molar-refractivity contribution in [2.24, 2.45) is 0 Å². The summed E-state index contributed by atoms with van der Waals surface area (Å²) in [5, 5.41) is 10.7. The Labute approximate surface area is 107 Å². The zero-order valence-corrected chi connectivity index (χ0v) is 10.9. The summed E-state index contributed by atoms with van der Waals surface area (Å²) in [5.74, 6) is -0.251. The largest absolute Gasteiger partial charge is 0.381 e. The monoisotopic (exact) mass is 244 g/mol. The van der Waals surface area contributed by atoms with Crippen LogP contribution in [0.4, 0.5) is 4.39 Å². The third kappa shape index (κ3) is 2.16. The van der Waals surface area contributed by atoms with Crippen molar-refractivity contribution in [3.63, 3.8) is 0 Å². The van der Waals surface area contributed by atoms with Crippen LogP contribution in [0, 0.1) is 19.7 Å². The van der Waals surface area contributed by atoms with Crippen LogP contribution in [0.5, 0.6) is 0 Å². The third-order valence-electron chi connectivity index (χ3n) is 3.39. The van der Waals surface area contributed by atoms with Crippen LogP contribution in [0.1, 0.15) is 29.2 Å². The molecule has 0 bridgehead atoms. The highest BCUT2D eigenvalue weighted by atomic mass is 19.1. The molecule has 1 N–H and O–H groups in total. The molecule has 0 saturated heterocycles. The molecular formula is C16H17FO. The predicted molar refractivity (Wildman–Crippen MR) is 71.0 cm³/mol. The van der Waals surface area contributed by atoms with Crippen LogP contribution in [0.2, 0.25) is 0 Å². The van der Waals surface area contributed by atoms with Gasteiger partial charge in [-0.1, -0.05) is 30.3 Å². The summed E-state index contributed by atoms with van der Waals surface area (Å²) in [6.07, 6.45) is 0. The molecule has 0 aliphatic carbocycles. The van der Waals surface area contributed by atoms with Crippen LogP contribution in [0.15, 0.2) is 42.5 Å². The van der Waals surface area contributed by atoms with Gasteiger partial charge in [-0.2, -0.15) is 0 Å². The van der Waals surface area contributed by atoms with Crippen LogP contribution in [0.25, 0.3) is 0 Å². The number of hydrogen-bond donors (Lipinski definition) is 1. The van der Waals surface area contributed by atoms with Crippen molar-refractivity contribution in [2.75, 3.05) is 0 Å². The molecule has 2 rings (SSSR count). The Kier molecular flexibility index (Phi) is 3.22. The van der Waals surface area contributed by atoms with E-state index < -0.39 is 5.60 Å². The van der Waals surface area contributed by atoms with Gasteiger partial charge >= 0.3 is 0 Å². The Hall–Kier alpha value is -1.67. The van der Waals surface area contributed by atoms with Gasteiger partial charge in [-0.25, -0.2) is 4.39 Å². The van der Waals surface area contributed by atoms with E-state index in [1.165, 1.54) is 6.07 Å². The van der Waals surface area contributed by atoms with Gasteiger partial charge in [0.15, 0.2) is 0 Å². The molecule has 0 spiro atoms. The summed E-state index contributed by atoms with van der Waals surface area (Å²) < 4.78 is 13.3. The zero-order valence-electron chi connectivity index (χ0n) is 10.9. The van der Waals surface area contributed by atoms with E-state index in [1.54, 1.807) is 26.0 Å². The zero-order chi connectivity index (χ0) is 13.3. The minimum atomic E-state index is -1.11. The Bertz CT molecular complexity index is 573. The maximum atomic E-state index is 13.3. The molecule has 0 aromatic heterocycles. The van der Waals surface area contributed by atoms with E-state index in [0.717, 1.165) is 11.1 Å². The van der Waals surface area contributed by atoms with Gasteiger partial charge in [-0.05, 0) is 55.2 Å². The number of aryl methyl sites for hydroxylation is 2. The van der Waals surface area contributed by atoms with Gasteiger partial charge in [0.1, 0.15) is 11.4 Å². The van der Waals surface area contributed by atoms with E-state index >= 15 is 0 Å².